The van der Waals surface area contributed by atoms with Gasteiger partial charge in [0.1, 0.15) is 5.54 Å². The molecule has 0 radical (unpaired) electrons. The third kappa shape index (κ3) is 5.95. The van der Waals surface area contributed by atoms with Gasteiger partial charge in [0.25, 0.3) is 0 Å². The van der Waals surface area contributed by atoms with Gasteiger partial charge in [0.2, 0.25) is 0 Å². The van der Waals surface area contributed by atoms with E-state index in [4.69, 9.17) is 4.74 Å². The molecule has 2 atom stereocenters. The summed E-state index contributed by atoms with van der Waals surface area (Å²) in [4.78, 5) is 14.7. The van der Waals surface area contributed by atoms with Crippen LogP contribution in [0.5, 0.6) is 0 Å². The van der Waals surface area contributed by atoms with E-state index >= 15 is 0 Å². The largest absolute Gasteiger partial charge is 0.465 e. The fraction of sp³-hybridized carbons (Fsp3) is 0.941. The minimum Gasteiger partial charge on any atom is -0.465 e. The maximum Gasteiger partial charge on any atom is 0.326 e. The summed E-state index contributed by atoms with van der Waals surface area (Å²) in [5.41, 5.74) is -0.537. The molecule has 1 saturated heterocycles. The summed E-state index contributed by atoms with van der Waals surface area (Å²) in [6, 6.07) is 0. The molecule has 0 aromatic rings. The first-order valence-corrected chi connectivity index (χ1v) is 8.70. The monoisotopic (exact) mass is 298 g/mol. The molecule has 1 aliphatic heterocycles. The molecular weight excluding hydrogens is 264 g/mol. The van der Waals surface area contributed by atoms with Gasteiger partial charge < -0.3 is 15.0 Å². The Morgan fingerprint density at radius 1 is 1.38 bits per heavy atom. The summed E-state index contributed by atoms with van der Waals surface area (Å²) >= 11 is 0. The molecule has 21 heavy (non-hydrogen) atoms. The number of hydrogen-bond acceptors (Lipinski definition) is 4. The van der Waals surface area contributed by atoms with E-state index in [2.05, 4.69) is 17.1 Å². The van der Waals surface area contributed by atoms with Crippen molar-refractivity contribution in [2.24, 2.45) is 5.92 Å². The quantitative estimate of drug-likeness (QED) is 0.665. The lowest BCUT2D eigenvalue weighted by Gasteiger charge is -2.33. The van der Waals surface area contributed by atoms with Crippen molar-refractivity contribution in [2.45, 2.75) is 65.3 Å². The summed E-state index contributed by atoms with van der Waals surface area (Å²) in [5.74, 6) is 0.751. The fourth-order valence-corrected chi connectivity index (χ4v) is 3.29. The van der Waals surface area contributed by atoms with E-state index in [0.717, 1.165) is 31.8 Å². The van der Waals surface area contributed by atoms with Crippen LogP contribution < -0.4 is 5.32 Å². The van der Waals surface area contributed by atoms with Crippen LogP contribution >= 0.6 is 0 Å². The number of piperidine rings is 1. The Labute approximate surface area is 130 Å². The zero-order chi connectivity index (χ0) is 15.7. The maximum absolute atomic E-state index is 12.1. The highest BCUT2D eigenvalue weighted by Crippen LogP contribution is 2.21. The molecule has 0 aromatic heterocycles. The highest BCUT2D eigenvalue weighted by Gasteiger charge is 2.33. The van der Waals surface area contributed by atoms with E-state index in [-0.39, 0.29) is 5.97 Å². The fourth-order valence-electron chi connectivity index (χ4n) is 3.29. The van der Waals surface area contributed by atoms with E-state index < -0.39 is 5.54 Å². The van der Waals surface area contributed by atoms with Crippen molar-refractivity contribution in [3.05, 3.63) is 0 Å². The van der Waals surface area contributed by atoms with Crippen molar-refractivity contribution in [3.63, 3.8) is 0 Å². The zero-order valence-electron chi connectivity index (χ0n) is 14.4. The van der Waals surface area contributed by atoms with Crippen LogP contribution in [0.4, 0.5) is 0 Å². The van der Waals surface area contributed by atoms with Crippen LogP contribution in [0.15, 0.2) is 0 Å². The van der Waals surface area contributed by atoms with Gasteiger partial charge >= 0.3 is 5.97 Å². The van der Waals surface area contributed by atoms with E-state index in [1.807, 2.05) is 20.8 Å². The predicted octanol–water partition coefficient (Wildman–Crippen LogP) is 2.82. The first-order valence-electron chi connectivity index (χ1n) is 8.70. The van der Waals surface area contributed by atoms with Crippen LogP contribution in [-0.4, -0.2) is 49.2 Å². The lowest BCUT2D eigenvalue weighted by atomic mass is 9.93. The topological polar surface area (TPSA) is 41.6 Å². The summed E-state index contributed by atoms with van der Waals surface area (Å²) < 4.78 is 5.22. The molecule has 0 spiro atoms. The minimum atomic E-state index is -0.537. The van der Waals surface area contributed by atoms with Gasteiger partial charge in [0.15, 0.2) is 0 Å². The number of ether oxygens (including phenoxy) is 1. The van der Waals surface area contributed by atoms with Crippen LogP contribution in [-0.2, 0) is 9.53 Å². The number of likely N-dealkylation sites (tertiary alicyclic amines) is 1. The van der Waals surface area contributed by atoms with Crippen molar-refractivity contribution < 1.29 is 9.53 Å². The van der Waals surface area contributed by atoms with Gasteiger partial charge in [0.05, 0.1) is 6.61 Å². The Morgan fingerprint density at radius 3 is 2.76 bits per heavy atom. The zero-order valence-corrected chi connectivity index (χ0v) is 14.4. The van der Waals surface area contributed by atoms with Crippen molar-refractivity contribution in [1.29, 1.82) is 0 Å². The second kappa shape index (κ2) is 9.42. The maximum atomic E-state index is 12.1. The van der Waals surface area contributed by atoms with Gasteiger partial charge in [-0.3, -0.25) is 4.79 Å². The lowest BCUT2D eigenvalue weighted by molar-refractivity contribution is -0.150. The van der Waals surface area contributed by atoms with Crippen molar-refractivity contribution in [3.8, 4) is 0 Å². The highest BCUT2D eigenvalue weighted by atomic mass is 16.5. The summed E-state index contributed by atoms with van der Waals surface area (Å²) in [5, 5.41) is 3.31. The molecule has 0 amide bonds. The molecule has 0 aromatic carbocycles. The molecule has 124 valence electrons. The molecule has 1 fully saturated rings. The van der Waals surface area contributed by atoms with Gasteiger partial charge in [-0.1, -0.05) is 20.3 Å². The van der Waals surface area contributed by atoms with E-state index in [1.165, 1.54) is 32.4 Å². The Kier molecular flexibility index (Phi) is 8.27. The molecule has 4 nitrogen and oxygen atoms in total. The Balaban J connectivity index is 2.40. The van der Waals surface area contributed by atoms with Crippen LogP contribution in [0.3, 0.4) is 0 Å². The molecular formula is C17H34N2O2. The Morgan fingerprint density at radius 2 is 2.14 bits per heavy atom. The minimum absolute atomic E-state index is 0.114. The number of likely N-dealkylation sites (N-methyl/N-ethyl adjacent to an activating group) is 1. The summed E-state index contributed by atoms with van der Waals surface area (Å²) in [6.07, 6.45) is 5.87. The number of esters is 1. The first kappa shape index (κ1) is 18.4. The third-order valence-corrected chi connectivity index (χ3v) is 4.62. The second-order valence-corrected chi connectivity index (χ2v) is 6.40. The number of carbonyl (C=O) groups excluding carboxylic acids is 1. The summed E-state index contributed by atoms with van der Waals surface area (Å²) in [6.45, 7) is 12.9. The van der Waals surface area contributed by atoms with Crippen molar-refractivity contribution in [2.75, 3.05) is 32.8 Å². The first-order chi connectivity index (χ1) is 10.1. The van der Waals surface area contributed by atoms with E-state index in [1.54, 1.807) is 0 Å². The average Bonchev–Trinajstić information content (AvgIpc) is 2.48. The molecule has 1 N–H and O–H groups in total. The number of carbonyl (C=O) groups is 1. The van der Waals surface area contributed by atoms with Crippen molar-refractivity contribution in [1.82, 2.24) is 10.2 Å². The molecule has 2 unspecified atom stereocenters. The molecule has 1 aliphatic rings. The van der Waals surface area contributed by atoms with Crippen LogP contribution in [0, 0.1) is 5.92 Å². The normalized spacial score (nSPS) is 22.8. The van der Waals surface area contributed by atoms with E-state index in [9.17, 15) is 4.79 Å². The SMILES string of the molecule is CCNC(C)(CCCN1CCCC(CC)C1)C(=O)OCC. The molecule has 0 bridgehead atoms. The molecule has 0 aliphatic carbocycles. The number of nitrogens with one attached hydrogen (secondary N) is 1. The van der Waals surface area contributed by atoms with Crippen LogP contribution in [0.1, 0.15) is 59.8 Å². The van der Waals surface area contributed by atoms with Crippen LogP contribution in [0.2, 0.25) is 0 Å². The number of nitrogens with zero attached hydrogens (tertiary/aromatic N) is 1. The number of rotatable bonds is 9. The number of hydrogen-bond donors (Lipinski definition) is 1. The van der Waals surface area contributed by atoms with Gasteiger partial charge in [-0.25, -0.2) is 0 Å². The molecule has 4 heteroatoms. The standard InChI is InChI=1S/C17H34N2O2/c1-5-15-10-8-12-19(14-15)13-9-11-17(4,18-6-2)16(20)21-7-3/h15,18H,5-14H2,1-4H3. The third-order valence-electron chi connectivity index (χ3n) is 4.62. The smallest absolute Gasteiger partial charge is 0.326 e. The van der Waals surface area contributed by atoms with Gasteiger partial charge in [-0.05, 0) is 65.1 Å². The lowest BCUT2D eigenvalue weighted by Crippen LogP contribution is -2.51. The molecule has 1 rings (SSSR count). The molecule has 0 saturated carbocycles. The highest BCUT2D eigenvalue weighted by molar-refractivity contribution is 5.80. The Bertz CT molecular complexity index is 309. The molecule has 1 heterocycles. The average molecular weight is 298 g/mol. The van der Waals surface area contributed by atoms with E-state index in [0.29, 0.717) is 6.61 Å². The predicted molar refractivity (Wildman–Crippen MR) is 87.4 cm³/mol. The Hall–Kier alpha value is -0.610. The second-order valence-electron chi connectivity index (χ2n) is 6.40. The van der Waals surface area contributed by atoms with Gasteiger partial charge in [-0.2, -0.15) is 0 Å². The van der Waals surface area contributed by atoms with Gasteiger partial charge in [-0.15, -0.1) is 0 Å². The summed E-state index contributed by atoms with van der Waals surface area (Å²) in [7, 11) is 0. The van der Waals surface area contributed by atoms with Gasteiger partial charge in [0, 0.05) is 6.54 Å². The van der Waals surface area contributed by atoms with Crippen LogP contribution in [0.25, 0.3) is 0 Å². The van der Waals surface area contributed by atoms with Crippen molar-refractivity contribution >= 4 is 5.97 Å².